The average Bonchev–Trinajstić information content (AvgIpc) is 2.46. The predicted molar refractivity (Wildman–Crippen MR) is 92.1 cm³/mol. The highest BCUT2D eigenvalue weighted by molar-refractivity contribution is 9.10. The van der Waals surface area contributed by atoms with Crippen LogP contribution in [0.15, 0.2) is 45.1 Å². The first-order valence-corrected chi connectivity index (χ1v) is 8.33. The molecule has 1 aromatic carbocycles. The number of nitrogens with one attached hydrogen (secondary N) is 1. The Morgan fingerprint density at radius 3 is 2.55 bits per heavy atom. The summed E-state index contributed by atoms with van der Waals surface area (Å²) < 4.78 is 0.999. The van der Waals surface area contributed by atoms with Crippen LogP contribution >= 0.6 is 27.7 Å². The van der Waals surface area contributed by atoms with Crippen LogP contribution in [0.25, 0.3) is 0 Å². The van der Waals surface area contributed by atoms with E-state index in [1.54, 1.807) is 6.21 Å². The molecular weight excluding hydrogens is 364 g/mol. The molecule has 0 aliphatic carbocycles. The normalized spacial score (nSPS) is 10.9. The molecule has 2 aromatic rings. The van der Waals surface area contributed by atoms with E-state index in [0.717, 1.165) is 21.4 Å². The van der Waals surface area contributed by atoms with Gasteiger partial charge in [0.25, 0.3) is 5.91 Å². The molecule has 0 aliphatic rings. The zero-order valence-corrected chi connectivity index (χ0v) is 14.6. The van der Waals surface area contributed by atoms with Crippen LogP contribution in [0.4, 0.5) is 0 Å². The largest absolute Gasteiger partial charge is 0.272 e. The number of hydrogen-bond donors (Lipinski definition) is 1. The SMILES string of the molecule is Cc1cc(C)nc(SCC(=O)NN=Cc2ccc(Br)cc2)n1. The molecule has 0 spiro atoms. The van der Waals surface area contributed by atoms with Gasteiger partial charge in [0.05, 0.1) is 12.0 Å². The van der Waals surface area contributed by atoms with Gasteiger partial charge >= 0.3 is 0 Å². The van der Waals surface area contributed by atoms with E-state index in [1.807, 2.05) is 44.2 Å². The highest BCUT2D eigenvalue weighted by Crippen LogP contribution is 2.13. The van der Waals surface area contributed by atoms with Gasteiger partial charge in [0.1, 0.15) is 0 Å². The molecule has 0 atom stereocenters. The van der Waals surface area contributed by atoms with Gasteiger partial charge in [-0.3, -0.25) is 4.79 Å². The molecular formula is C15H15BrN4OS. The molecule has 0 saturated heterocycles. The number of carbonyl (C=O) groups excluding carboxylic acids is 1. The molecule has 1 heterocycles. The van der Waals surface area contributed by atoms with Gasteiger partial charge in [0.15, 0.2) is 5.16 Å². The number of aromatic nitrogens is 2. The number of amides is 1. The van der Waals surface area contributed by atoms with Gasteiger partial charge in [-0.1, -0.05) is 39.8 Å². The second-order valence-electron chi connectivity index (χ2n) is 4.57. The Morgan fingerprint density at radius 2 is 1.91 bits per heavy atom. The molecule has 0 fully saturated rings. The van der Waals surface area contributed by atoms with Crippen molar-refractivity contribution in [2.24, 2.45) is 5.10 Å². The fraction of sp³-hybridized carbons (Fsp3) is 0.200. The summed E-state index contributed by atoms with van der Waals surface area (Å²) in [4.78, 5) is 20.3. The predicted octanol–water partition coefficient (Wildman–Crippen LogP) is 3.10. The van der Waals surface area contributed by atoms with E-state index in [2.05, 4.69) is 36.4 Å². The van der Waals surface area contributed by atoms with Crippen LogP contribution in [-0.4, -0.2) is 27.8 Å². The quantitative estimate of drug-likeness (QED) is 0.375. The molecule has 1 aromatic heterocycles. The van der Waals surface area contributed by atoms with Crippen LogP contribution in [0.2, 0.25) is 0 Å². The van der Waals surface area contributed by atoms with Gasteiger partial charge < -0.3 is 0 Å². The molecule has 0 saturated carbocycles. The van der Waals surface area contributed by atoms with Crippen molar-refractivity contribution >= 4 is 39.8 Å². The van der Waals surface area contributed by atoms with Crippen molar-refractivity contribution < 1.29 is 4.79 Å². The van der Waals surface area contributed by atoms with Crippen LogP contribution in [0, 0.1) is 13.8 Å². The van der Waals surface area contributed by atoms with Crippen LogP contribution in [0.3, 0.4) is 0 Å². The van der Waals surface area contributed by atoms with Gasteiger partial charge in [-0.15, -0.1) is 0 Å². The summed E-state index contributed by atoms with van der Waals surface area (Å²) in [5.74, 6) is 0.0294. The maximum absolute atomic E-state index is 11.7. The van der Waals surface area contributed by atoms with Crippen LogP contribution in [0.5, 0.6) is 0 Å². The lowest BCUT2D eigenvalue weighted by Gasteiger charge is -2.02. The lowest BCUT2D eigenvalue weighted by atomic mass is 10.2. The molecule has 1 amide bonds. The molecule has 0 bridgehead atoms. The third-order valence-electron chi connectivity index (χ3n) is 2.57. The summed E-state index contributed by atoms with van der Waals surface area (Å²) in [5, 5.41) is 4.53. The lowest BCUT2D eigenvalue weighted by molar-refractivity contribution is -0.118. The Morgan fingerprint density at radius 1 is 1.27 bits per heavy atom. The van der Waals surface area contributed by atoms with E-state index in [9.17, 15) is 4.79 Å². The molecule has 114 valence electrons. The van der Waals surface area contributed by atoms with Crippen molar-refractivity contribution in [3.8, 4) is 0 Å². The van der Waals surface area contributed by atoms with E-state index in [0.29, 0.717) is 5.16 Å². The zero-order valence-electron chi connectivity index (χ0n) is 12.2. The Kier molecular flexibility index (Phi) is 6.09. The number of aryl methyl sites for hydroxylation is 2. The molecule has 22 heavy (non-hydrogen) atoms. The van der Waals surface area contributed by atoms with Crippen molar-refractivity contribution in [1.82, 2.24) is 15.4 Å². The maximum atomic E-state index is 11.7. The van der Waals surface area contributed by atoms with Crippen LogP contribution < -0.4 is 5.43 Å². The van der Waals surface area contributed by atoms with Crippen molar-refractivity contribution in [2.45, 2.75) is 19.0 Å². The summed E-state index contributed by atoms with van der Waals surface area (Å²) >= 11 is 4.65. The van der Waals surface area contributed by atoms with Crippen molar-refractivity contribution in [2.75, 3.05) is 5.75 Å². The standard InChI is InChI=1S/C15H15BrN4OS/c1-10-7-11(2)19-15(18-10)22-9-14(21)20-17-8-12-3-5-13(16)6-4-12/h3-8H,9H2,1-2H3,(H,20,21). The van der Waals surface area contributed by atoms with Gasteiger partial charge in [0, 0.05) is 15.9 Å². The Balaban J connectivity index is 1.81. The molecule has 0 unspecified atom stereocenters. The third kappa shape index (κ3) is 5.57. The Bertz CT molecular complexity index is 668. The number of nitrogens with zero attached hydrogens (tertiary/aromatic N) is 3. The number of hydrazone groups is 1. The highest BCUT2D eigenvalue weighted by atomic mass is 79.9. The van der Waals surface area contributed by atoms with Crippen molar-refractivity contribution in [3.63, 3.8) is 0 Å². The van der Waals surface area contributed by atoms with E-state index in [4.69, 9.17) is 0 Å². The Hall–Kier alpha value is -1.73. The fourth-order valence-electron chi connectivity index (χ4n) is 1.65. The number of carbonyl (C=O) groups is 1. The highest BCUT2D eigenvalue weighted by Gasteiger charge is 2.05. The lowest BCUT2D eigenvalue weighted by Crippen LogP contribution is -2.19. The van der Waals surface area contributed by atoms with E-state index >= 15 is 0 Å². The van der Waals surface area contributed by atoms with Crippen molar-refractivity contribution in [1.29, 1.82) is 0 Å². The van der Waals surface area contributed by atoms with Crippen LogP contribution in [0.1, 0.15) is 17.0 Å². The van der Waals surface area contributed by atoms with Gasteiger partial charge in [-0.2, -0.15) is 5.10 Å². The molecule has 2 rings (SSSR count). The summed E-state index contributed by atoms with van der Waals surface area (Å²) in [7, 11) is 0. The molecule has 1 N–H and O–H groups in total. The molecule has 0 aliphatic heterocycles. The monoisotopic (exact) mass is 378 g/mol. The number of halogens is 1. The van der Waals surface area contributed by atoms with Gasteiger partial charge in [-0.25, -0.2) is 15.4 Å². The summed E-state index contributed by atoms with van der Waals surface area (Å²) in [5.41, 5.74) is 5.18. The van der Waals surface area contributed by atoms with Gasteiger partial charge in [-0.05, 0) is 37.6 Å². The second kappa shape index (κ2) is 8.05. The maximum Gasteiger partial charge on any atom is 0.250 e. The minimum absolute atomic E-state index is 0.193. The number of thioether (sulfide) groups is 1. The smallest absolute Gasteiger partial charge is 0.250 e. The van der Waals surface area contributed by atoms with Gasteiger partial charge in [0.2, 0.25) is 0 Å². The topological polar surface area (TPSA) is 67.2 Å². The summed E-state index contributed by atoms with van der Waals surface area (Å²) in [6.07, 6.45) is 1.60. The van der Waals surface area contributed by atoms with E-state index in [-0.39, 0.29) is 11.7 Å². The number of hydrogen-bond acceptors (Lipinski definition) is 5. The number of benzene rings is 1. The number of rotatable bonds is 5. The molecule has 5 nitrogen and oxygen atoms in total. The van der Waals surface area contributed by atoms with E-state index in [1.165, 1.54) is 11.8 Å². The summed E-state index contributed by atoms with van der Waals surface area (Å²) in [6.45, 7) is 3.81. The van der Waals surface area contributed by atoms with E-state index < -0.39 is 0 Å². The average molecular weight is 379 g/mol. The van der Waals surface area contributed by atoms with Crippen molar-refractivity contribution in [3.05, 3.63) is 51.8 Å². The first-order chi connectivity index (χ1) is 10.5. The zero-order chi connectivity index (χ0) is 15.9. The molecule has 7 heteroatoms. The summed E-state index contributed by atoms with van der Waals surface area (Å²) in [6, 6.07) is 9.52. The van der Waals surface area contributed by atoms with Crippen LogP contribution in [-0.2, 0) is 4.79 Å². The minimum atomic E-state index is -0.193. The first-order valence-electron chi connectivity index (χ1n) is 6.55. The fourth-order valence-corrected chi connectivity index (χ4v) is 2.65. The minimum Gasteiger partial charge on any atom is -0.272 e. The second-order valence-corrected chi connectivity index (χ2v) is 6.42. The first kappa shape index (κ1) is 16.6. The molecule has 0 radical (unpaired) electrons. The third-order valence-corrected chi connectivity index (χ3v) is 3.94. The Labute approximate surface area is 141 Å².